The van der Waals surface area contributed by atoms with Crippen molar-refractivity contribution >= 4 is 124 Å². The molecular weight excluding hydrogens is 858 g/mol. The molecule has 62 heavy (non-hydrogen) atoms. The van der Waals surface area contributed by atoms with E-state index in [0.717, 1.165) is 48.6 Å². The third-order valence-corrected chi connectivity index (χ3v) is 15.9. The molecule has 2 saturated carbocycles. The van der Waals surface area contributed by atoms with E-state index in [1.54, 1.807) is 24.3 Å². The van der Waals surface area contributed by atoms with Gasteiger partial charge in [-0.2, -0.15) is 0 Å². The van der Waals surface area contributed by atoms with Crippen molar-refractivity contribution in [3.63, 3.8) is 0 Å². The summed E-state index contributed by atoms with van der Waals surface area (Å²) < 4.78 is 0. The first-order valence-corrected chi connectivity index (χ1v) is 23.2. The van der Waals surface area contributed by atoms with Crippen LogP contribution in [0.2, 0.25) is 20.1 Å². The van der Waals surface area contributed by atoms with Crippen molar-refractivity contribution in [1.29, 1.82) is 0 Å². The van der Waals surface area contributed by atoms with Crippen LogP contribution in [0.1, 0.15) is 141 Å². The molecule has 2 aliphatic carbocycles. The predicted octanol–water partition coefficient (Wildman–Crippen LogP) is 15.2. The maximum atomic E-state index is 14.7. The zero-order valence-corrected chi connectivity index (χ0v) is 37.8. The Balaban J connectivity index is 1.07. The highest BCUT2D eigenvalue weighted by molar-refractivity contribution is 6.57. The van der Waals surface area contributed by atoms with E-state index >= 15 is 0 Å². The van der Waals surface area contributed by atoms with Gasteiger partial charge in [0.05, 0.1) is 33.6 Å². The minimum absolute atomic E-state index is 0.200. The minimum Gasteiger partial charge on any atom is -0.268 e. The molecule has 0 bridgehead atoms. The van der Waals surface area contributed by atoms with Crippen LogP contribution in [0.3, 0.4) is 0 Å². The van der Waals surface area contributed by atoms with Crippen LogP contribution < -0.4 is 9.80 Å². The fourth-order valence-electron chi connectivity index (χ4n) is 11.5. The Labute approximate surface area is 379 Å². The topological polar surface area (TPSA) is 74.8 Å². The van der Waals surface area contributed by atoms with E-state index in [1.165, 1.54) is 46.6 Å². The predicted molar refractivity (Wildman–Crippen MR) is 253 cm³/mol. The first kappa shape index (κ1) is 40.1. The van der Waals surface area contributed by atoms with Crippen LogP contribution in [0.5, 0.6) is 0 Å². The Morgan fingerprint density at radius 3 is 0.968 bits per heavy atom. The van der Waals surface area contributed by atoms with Gasteiger partial charge in [0.1, 0.15) is 0 Å². The van der Waals surface area contributed by atoms with Gasteiger partial charge in [-0.25, -0.2) is 9.80 Å². The van der Waals surface area contributed by atoms with Crippen LogP contribution in [0.4, 0.5) is 11.4 Å². The van der Waals surface area contributed by atoms with Crippen molar-refractivity contribution in [3.8, 4) is 0 Å². The van der Waals surface area contributed by atoms with Gasteiger partial charge in [-0.15, -0.1) is 0 Å². The van der Waals surface area contributed by atoms with E-state index < -0.39 is 23.6 Å². The largest absolute Gasteiger partial charge is 0.268 e. The number of fused-ring (bicyclic) bond motifs is 2. The van der Waals surface area contributed by atoms with Crippen LogP contribution in [0.15, 0.2) is 60.7 Å². The molecule has 2 aliphatic heterocycles. The van der Waals surface area contributed by atoms with Crippen LogP contribution in [0, 0.1) is 25.7 Å². The quantitative estimate of drug-likeness (QED) is 0.100. The number of nitrogens with zero attached hydrogens (tertiary/aromatic N) is 2. The SMILES string of the molecule is Cc1cc(C2CCC(C)CC2)ccc1N1C(=O)c2cc(Cl)c3c4c(Cl)cc5c6c(cc(Cl)c(c7c(Cl)cc(c2c37)C1=O)c64)C(=O)N(c1ccc(C2CCC(C)CC2)cc1C)C5=O. The van der Waals surface area contributed by atoms with Gasteiger partial charge in [0.15, 0.2) is 0 Å². The van der Waals surface area contributed by atoms with E-state index in [2.05, 4.69) is 26.0 Å². The van der Waals surface area contributed by atoms with E-state index in [1.807, 2.05) is 38.1 Å². The molecule has 7 aromatic carbocycles. The standard InChI is InChI=1S/C52H42Cl4N2O4/c1-23-5-9-27(10-6-23)29-13-15-39(25(3)17-29)57-49(59)31-19-35(53)43-45-37(55)21-33-42-34(22-38(56)46(48(42)45)44-36(54)20-32(50(57)60)41(31)47(43)44)52(62)58(51(33)61)40-16-14-30(18-26(40)4)28-11-7-24(2)8-12-28/h13-24,27-28H,5-12H2,1-4H3. The second-order valence-electron chi connectivity index (χ2n) is 18.5. The zero-order valence-electron chi connectivity index (χ0n) is 34.8. The lowest BCUT2D eigenvalue weighted by Gasteiger charge is -2.32. The van der Waals surface area contributed by atoms with Gasteiger partial charge >= 0.3 is 0 Å². The summed E-state index contributed by atoms with van der Waals surface area (Å²) in [6, 6.07) is 18.4. The van der Waals surface area contributed by atoms with Gasteiger partial charge < -0.3 is 0 Å². The number of aryl methyl sites for hydroxylation is 2. The van der Waals surface area contributed by atoms with Gasteiger partial charge in [0.25, 0.3) is 23.6 Å². The Morgan fingerprint density at radius 1 is 0.403 bits per heavy atom. The highest BCUT2D eigenvalue weighted by Crippen LogP contribution is 2.54. The summed E-state index contributed by atoms with van der Waals surface area (Å²) in [6.07, 6.45) is 9.19. The van der Waals surface area contributed by atoms with Crippen LogP contribution in [0.25, 0.3) is 43.1 Å². The van der Waals surface area contributed by atoms with Gasteiger partial charge in [0, 0.05) is 63.2 Å². The summed E-state index contributed by atoms with van der Waals surface area (Å²) >= 11 is 29.1. The second kappa shape index (κ2) is 14.4. The Hall–Kier alpha value is -4.72. The highest BCUT2D eigenvalue weighted by atomic mass is 35.5. The van der Waals surface area contributed by atoms with E-state index in [9.17, 15) is 19.2 Å². The summed E-state index contributed by atoms with van der Waals surface area (Å²) in [5, 5.41) is 4.31. The average molecular weight is 901 g/mol. The molecule has 10 heteroatoms. The number of carbonyl (C=O) groups excluding carboxylic acids is 4. The first-order valence-electron chi connectivity index (χ1n) is 21.7. The van der Waals surface area contributed by atoms with Crippen LogP contribution in [-0.2, 0) is 0 Å². The third kappa shape index (κ3) is 5.68. The molecular formula is C52H42Cl4N2O4. The molecule has 11 rings (SSSR count). The number of imide groups is 2. The first-order chi connectivity index (χ1) is 29.7. The molecule has 0 aromatic heterocycles. The molecule has 4 aliphatic rings. The highest BCUT2D eigenvalue weighted by Gasteiger charge is 2.41. The lowest BCUT2D eigenvalue weighted by atomic mass is 9.79. The summed E-state index contributed by atoms with van der Waals surface area (Å²) in [6.45, 7) is 8.47. The zero-order chi connectivity index (χ0) is 43.2. The second-order valence-corrected chi connectivity index (χ2v) is 20.1. The molecule has 2 heterocycles. The van der Waals surface area contributed by atoms with Crippen LogP contribution in [-0.4, -0.2) is 23.6 Å². The number of carbonyl (C=O) groups is 4. The number of anilines is 2. The van der Waals surface area contributed by atoms with Crippen molar-refractivity contribution in [1.82, 2.24) is 0 Å². The minimum atomic E-state index is -0.507. The average Bonchev–Trinajstić information content (AvgIpc) is 3.24. The van der Waals surface area contributed by atoms with Gasteiger partial charge in [-0.1, -0.05) is 110 Å². The summed E-state index contributed by atoms with van der Waals surface area (Å²) in [5.74, 6) is 0.306. The Bertz CT molecular complexity index is 2850. The van der Waals surface area contributed by atoms with E-state index in [-0.39, 0.29) is 42.3 Å². The number of rotatable bonds is 4. The Kier molecular flexibility index (Phi) is 9.31. The molecule has 0 N–H and O–H groups in total. The summed E-state index contributed by atoms with van der Waals surface area (Å²) in [5.41, 5.74) is 6.07. The molecule has 0 radical (unpaired) electrons. The van der Waals surface area contributed by atoms with Crippen molar-refractivity contribution in [2.75, 3.05) is 9.80 Å². The molecule has 0 atom stereocenters. The number of halogens is 4. The summed E-state index contributed by atoms with van der Waals surface area (Å²) in [4.78, 5) is 61.2. The van der Waals surface area contributed by atoms with Crippen molar-refractivity contribution in [3.05, 3.63) is 125 Å². The third-order valence-electron chi connectivity index (χ3n) is 14.7. The van der Waals surface area contributed by atoms with Crippen molar-refractivity contribution in [2.24, 2.45) is 11.8 Å². The summed E-state index contributed by atoms with van der Waals surface area (Å²) in [7, 11) is 0. The molecule has 7 aromatic rings. The number of benzene rings is 7. The number of hydrogen-bond acceptors (Lipinski definition) is 4. The normalized spacial score (nSPS) is 21.7. The fourth-order valence-corrected chi connectivity index (χ4v) is 12.6. The molecule has 312 valence electrons. The van der Waals surface area contributed by atoms with Gasteiger partial charge in [-0.05, 0) is 122 Å². The maximum absolute atomic E-state index is 14.7. The molecule has 0 unspecified atom stereocenters. The van der Waals surface area contributed by atoms with Crippen LogP contribution >= 0.6 is 46.4 Å². The number of hydrogen-bond donors (Lipinski definition) is 0. The molecule has 4 amide bonds. The number of amides is 4. The lowest BCUT2D eigenvalue weighted by molar-refractivity contribution is 0.0877. The fraction of sp³-hybridized carbons (Fsp3) is 0.308. The molecule has 0 spiro atoms. The van der Waals surface area contributed by atoms with Gasteiger partial charge in [0.2, 0.25) is 0 Å². The monoisotopic (exact) mass is 898 g/mol. The smallest absolute Gasteiger partial charge is 0.266 e. The molecule has 6 nitrogen and oxygen atoms in total. The lowest BCUT2D eigenvalue weighted by Crippen LogP contribution is -2.41. The maximum Gasteiger partial charge on any atom is 0.266 e. The van der Waals surface area contributed by atoms with Crippen molar-refractivity contribution in [2.45, 2.75) is 90.9 Å². The Morgan fingerprint density at radius 2 is 0.694 bits per heavy atom. The van der Waals surface area contributed by atoms with E-state index in [4.69, 9.17) is 46.4 Å². The van der Waals surface area contributed by atoms with Gasteiger partial charge in [-0.3, -0.25) is 19.2 Å². The molecule has 0 saturated heterocycles. The van der Waals surface area contributed by atoms with E-state index in [0.29, 0.717) is 66.3 Å². The van der Waals surface area contributed by atoms with Crippen molar-refractivity contribution < 1.29 is 19.2 Å². The molecule has 2 fully saturated rings.